The molecule has 0 aromatic heterocycles. The average Bonchev–Trinajstić information content (AvgIpc) is 1.99. The van der Waals surface area contributed by atoms with Crippen LogP contribution in [0.5, 0.6) is 0 Å². The molecule has 1 aromatic rings. The Morgan fingerprint density at radius 1 is 1.31 bits per heavy atom. The summed E-state index contributed by atoms with van der Waals surface area (Å²) in [6.45, 7) is -0.0460. The number of hydrogen-bond donors (Lipinski definition) is 1. The monoisotopic (exact) mass is 220 g/mol. The molecule has 0 aliphatic heterocycles. The number of carbonyl (C=O) groups is 1. The van der Waals surface area contributed by atoms with E-state index in [2.05, 4.69) is 4.74 Å². The fourth-order valence-corrected chi connectivity index (χ4v) is 1.41. The summed E-state index contributed by atoms with van der Waals surface area (Å²) < 4.78 is 4.34. The zero-order valence-electron chi connectivity index (χ0n) is 6.46. The van der Waals surface area contributed by atoms with Crippen LogP contribution in [-0.4, -0.2) is 11.3 Å². The van der Waals surface area contributed by atoms with Gasteiger partial charge in [0.2, 0.25) is 0 Å². The third kappa shape index (κ3) is 3.53. The predicted molar refractivity (Wildman–Crippen MR) is 49.3 cm³/mol. The van der Waals surface area contributed by atoms with E-state index in [1.54, 1.807) is 18.2 Å². The molecule has 0 spiro atoms. The molecule has 1 N–H and O–H groups in total. The predicted octanol–water partition coefficient (Wildman–Crippen LogP) is 3.19. The van der Waals surface area contributed by atoms with Crippen molar-refractivity contribution in [2.75, 3.05) is 0 Å². The Morgan fingerprint density at radius 3 is 2.31 bits per heavy atom. The van der Waals surface area contributed by atoms with Gasteiger partial charge in [-0.15, -0.1) is 0 Å². The van der Waals surface area contributed by atoms with E-state index in [1.807, 2.05) is 0 Å². The van der Waals surface area contributed by atoms with Gasteiger partial charge in [-0.1, -0.05) is 23.2 Å². The van der Waals surface area contributed by atoms with Gasteiger partial charge in [-0.05, 0) is 23.8 Å². The third-order valence-electron chi connectivity index (χ3n) is 1.28. The molecular formula is C8H6Cl2O3. The van der Waals surface area contributed by atoms with E-state index in [0.717, 1.165) is 0 Å². The molecule has 0 atom stereocenters. The van der Waals surface area contributed by atoms with Gasteiger partial charge >= 0.3 is 6.16 Å². The van der Waals surface area contributed by atoms with Crippen molar-refractivity contribution in [3.05, 3.63) is 33.8 Å². The molecule has 70 valence electrons. The number of halogens is 2. The second-order valence-corrected chi connectivity index (χ2v) is 3.21. The molecule has 1 rings (SSSR count). The number of carboxylic acid groups (broad SMARTS) is 1. The zero-order valence-corrected chi connectivity index (χ0v) is 7.97. The number of hydrogen-bond acceptors (Lipinski definition) is 2. The van der Waals surface area contributed by atoms with Gasteiger partial charge in [0.05, 0.1) is 0 Å². The molecule has 0 heterocycles. The van der Waals surface area contributed by atoms with Crippen LogP contribution in [-0.2, 0) is 11.3 Å². The van der Waals surface area contributed by atoms with Crippen molar-refractivity contribution in [3.8, 4) is 0 Å². The standard InChI is InChI=1S/C8H6Cl2O3/c9-6-1-5(2-7(10)3-6)4-13-8(11)12/h1-3H,4H2,(H,11,12). The van der Waals surface area contributed by atoms with Crippen molar-refractivity contribution >= 4 is 29.4 Å². The Labute approximate surface area is 84.8 Å². The van der Waals surface area contributed by atoms with Crippen molar-refractivity contribution < 1.29 is 14.6 Å². The Balaban J connectivity index is 2.71. The van der Waals surface area contributed by atoms with E-state index in [4.69, 9.17) is 28.3 Å². The Morgan fingerprint density at radius 2 is 1.85 bits per heavy atom. The van der Waals surface area contributed by atoms with Gasteiger partial charge in [-0.3, -0.25) is 0 Å². The molecule has 13 heavy (non-hydrogen) atoms. The summed E-state index contributed by atoms with van der Waals surface area (Å²) in [5.41, 5.74) is 0.625. The third-order valence-corrected chi connectivity index (χ3v) is 1.72. The topological polar surface area (TPSA) is 46.5 Å². The quantitative estimate of drug-likeness (QED) is 0.780. The van der Waals surface area contributed by atoms with E-state index in [-0.39, 0.29) is 6.61 Å². The maximum Gasteiger partial charge on any atom is 0.506 e. The number of ether oxygens (including phenoxy) is 1. The Hall–Kier alpha value is -0.930. The Kier molecular flexibility index (Phi) is 3.39. The van der Waals surface area contributed by atoms with E-state index in [1.165, 1.54) is 0 Å². The second-order valence-electron chi connectivity index (χ2n) is 2.33. The van der Waals surface area contributed by atoms with Crippen molar-refractivity contribution in [3.63, 3.8) is 0 Å². The maximum atomic E-state index is 10.1. The van der Waals surface area contributed by atoms with E-state index in [0.29, 0.717) is 15.6 Å². The molecular weight excluding hydrogens is 215 g/mol. The summed E-state index contributed by atoms with van der Waals surface area (Å²) in [5.74, 6) is 0. The first kappa shape index (κ1) is 10.2. The fourth-order valence-electron chi connectivity index (χ4n) is 0.839. The molecule has 0 saturated carbocycles. The average molecular weight is 221 g/mol. The van der Waals surface area contributed by atoms with Gasteiger partial charge in [0.1, 0.15) is 6.61 Å². The van der Waals surface area contributed by atoms with Gasteiger partial charge < -0.3 is 9.84 Å². The molecule has 0 bridgehead atoms. The lowest BCUT2D eigenvalue weighted by Gasteiger charge is -2.01. The summed E-state index contributed by atoms with van der Waals surface area (Å²) in [6, 6.07) is 4.75. The minimum absolute atomic E-state index is 0.0460. The van der Waals surface area contributed by atoms with Crippen molar-refractivity contribution in [2.45, 2.75) is 6.61 Å². The van der Waals surface area contributed by atoms with E-state index >= 15 is 0 Å². The van der Waals surface area contributed by atoms with Gasteiger partial charge in [0, 0.05) is 10.0 Å². The van der Waals surface area contributed by atoms with E-state index < -0.39 is 6.16 Å². The highest BCUT2D eigenvalue weighted by atomic mass is 35.5. The van der Waals surface area contributed by atoms with Gasteiger partial charge in [-0.25, -0.2) is 4.79 Å². The smallest absolute Gasteiger partial charge is 0.450 e. The summed E-state index contributed by atoms with van der Waals surface area (Å²) in [7, 11) is 0. The summed E-state index contributed by atoms with van der Waals surface area (Å²) >= 11 is 11.4. The first-order chi connectivity index (χ1) is 6.08. The lowest BCUT2D eigenvalue weighted by Crippen LogP contribution is -1.99. The van der Waals surface area contributed by atoms with Crippen LogP contribution in [0.25, 0.3) is 0 Å². The fraction of sp³-hybridized carbons (Fsp3) is 0.125. The van der Waals surface area contributed by atoms with Crippen LogP contribution in [0.15, 0.2) is 18.2 Å². The lowest BCUT2D eigenvalue weighted by molar-refractivity contribution is 0.0854. The minimum atomic E-state index is -1.32. The van der Waals surface area contributed by atoms with Gasteiger partial charge in [0.15, 0.2) is 0 Å². The highest BCUT2D eigenvalue weighted by Gasteiger charge is 2.01. The molecule has 0 unspecified atom stereocenters. The molecule has 1 aromatic carbocycles. The van der Waals surface area contributed by atoms with Crippen LogP contribution in [0.3, 0.4) is 0 Å². The Bertz CT molecular complexity index is 305. The van der Waals surface area contributed by atoms with Crippen LogP contribution < -0.4 is 0 Å². The molecule has 5 heteroatoms. The van der Waals surface area contributed by atoms with Crippen LogP contribution in [0.4, 0.5) is 4.79 Å². The molecule has 0 aliphatic rings. The SMILES string of the molecule is O=C(O)OCc1cc(Cl)cc(Cl)c1. The molecule has 0 amide bonds. The van der Waals surface area contributed by atoms with Crippen LogP contribution >= 0.6 is 23.2 Å². The number of rotatable bonds is 2. The molecule has 0 aliphatic carbocycles. The second kappa shape index (κ2) is 4.35. The first-order valence-electron chi connectivity index (χ1n) is 3.38. The summed E-state index contributed by atoms with van der Waals surface area (Å²) in [6.07, 6.45) is -1.32. The highest BCUT2D eigenvalue weighted by molar-refractivity contribution is 6.34. The van der Waals surface area contributed by atoms with Gasteiger partial charge in [0.25, 0.3) is 0 Å². The molecule has 0 fully saturated rings. The van der Waals surface area contributed by atoms with Crippen molar-refractivity contribution in [2.24, 2.45) is 0 Å². The molecule has 0 radical (unpaired) electrons. The minimum Gasteiger partial charge on any atom is -0.450 e. The van der Waals surface area contributed by atoms with Crippen molar-refractivity contribution in [1.82, 2.24) is 0 Å². The highest BCUT2D eigenvalue weighted by Crippen LogP contribution is 2.19. The summed E-state index contributed by atoms with van der Waals surface area (Å²) in [4.78, 5) is 10.1. The van der Waals surface area contributed by atoms with Crippen LogP contribution in [0.1, 0.15) is 5.56 Å². The molecule has 0 saturated heterocycles. The molecule has 3 nitrogen and oxygen atoms in total. The normalized spacial score (nSPS) is 9.69. The zero-order chi connectivity index (χ0) is 9.84. The van der Waals surface area contributed by atoms with Crippen LogP contribution in [0, 0.1) is 0 Å². The van der Waals surface area contributed by atoms with Gasteiger partial charge in [-0.2, -0.15) is 0 Å². The first-order valence-corrected chi connectivity index (χ1v) is 4.14. The largest absolute Gasteiger partial charge is 0.506 e. The lowest BCUT2D eigenvalue weighted by atomic mass is 10.2. The van der Waals surface area contributed by atoms with E-state index in [9.17, 15) is 4.79 Å². The maximum absolute atomic E-state index is 10.1. The number of benzene rings is 1. The van der Waals surface area contributed by atoms with Crippen molar-refractivity contribution in [1.29, 1.82) is 0 Å². The van der Waals surface area contributed by atoms with Crippen LogP contribution in [0.2, 0.25) is 10.0 Å². The summed E-state index contributed by atoms with van der Waals surface area (Å²) in [5, 5.41) is 9.14.